The van der Waals surface area contributed by atoms with E-state index >= 15 is 0 Å². The zero-order chi connectivity index (χ0) is 23.4. The zero-order valence-corrected chi connectivity index (χ0v) is 18.6. The standard InChI is InChI=1S/C20H29N3O7/c1-13(24)21(8)16-10-9-15(23(27)28)11-14(16)12-22(17(25)29-19(2,3)4)18(26)30-20(5,6)7/h9-11H,12H2,1-8H3. The molecule has 1 rings (SSSR count). The Labute approximate surface area is 175 Å². The van der Waals surface area contributed by atoms with Crippen LogP contribution < -0.4 is 4.90 Å². The lowest BCUT2D eigenvalue weighted by atomic mass is 10.1. The first-order valence-corrected chi connectivity index (χ1v) is 9.27. The molecule has 1 aromatic carbocycles. The van der Waals surface area contributed by atoms with Crippen molar-refractivity contribution >= 4 is 29.5 Å². The fourth-order valence-corrected chi connectivity index (χ4v) is 2.32. The van der Waals surface area contributed by atoms with Gasteiger partial charge < -0.3 is 14.4 Å². The zero-order valence-electron chi connectivity index (χ0n) is 18.6. The molecule has 0 radical (unpaired) electrons. The maximum Gasteiger partial charge on any atom is 0.420 e. The summed E-state index contributed by atoms with van der Waals surface area (Å²) in [6.45, 7) is 10.8. The number of carbonyl (C=O) groups is 3. The van der Waals surface area contributed by atoms with Crippen molar-refractivity contribution in [3.05, 3.63) is 33.9 Å². The number of rotatable bonds is 4. The Kier molecular flexibility index (Phi) is 7.54. The first-order chi connectivity index (χ1) is 13.5. The van der Waals surface area contributed by atoms with Gasteiger partial charge in [0.05, 0.1) is 11.5 Å². The fraction of sp³-hybridized carbons (Fsp3) is 0.550. The van der Waals surface area contributed by atoms with Crippen LogP contribution in [0.4, 0.5) is 21.0 Å². The number of benzene rings is 1. The molecule has 0 atom stereocenters. The fourth-order valence-electron chi connectivity index (χ4n) is 2.32. The van der Waals surface area contributed by atoms with E-state index < -0.39 is 34.9 Å². The first-order valence-electron chi connectivity index (χ1n) is 9.27. The predicted molar refractivity (Wildman–Crippen MR) is 110 cm³/mol. The molecule has 0 fully saturated rings. The number of hydrogen-bond acceptors (Lipinski definition) is 7. The molecule has 0 bridgehead atoms. The molecule has 0 aliphatic rings. The van der Waals surface area contributed by atoms with Crippen LogP contribution >= 0.6 is 0 Å². The van der Waals surface area contributed by atoms with Gasteiger partial charge in [-0.15, -0.1) is 0 Å². The summed E-state index contributed by atoms with van der Waals surface area (Å²) in [4.78, 5) is 49.9. The predicted octanol–water partition coefficient (Wildman–Crippen LogP) is 4.25. The number of non-ortho nitro benzene ring substituents is 1. The molecule has 0 aromatic heterocycles. The topological polar surface area (TPSA) is 119 Å². The number of ether oxygens (including phenoxy) is 2. The molecule has 166 valence electrons. The van der Waals surface area contributed by atoms with E-state index in [1.807, 2.05) is 0 Å². The van der Waals surface area contributed by atoms with E-state index in [2.05, 4.69) is 0 Å². The summed E-state index contributed by atoms with van der Waals surface area (Å²) < 4.78 is 10.6. The van der Waals surface area contributed by atoms with Crippen LogP contribution in [0.5, 0.6) is 0 Å². The van der Waals surface area contributed by atoms with Crippen molar-refractivity contribution in [1.29, 1.82) is 0 Å². The van der Waals surface area contributed by atoms with E-state index in [0.29, 0.717) is 10.6 Å². The average Bonchev–Trinajstić information content (AvgIpc) is 2.55. The number of carbonyl (C=O) groups excluding carboxylic acids is 3. The minimum atomic E-state index is -0.973. The molecule has 0 spiro atoms. The molecule has 0 heterocycles. The van der Waals surface area contributed by atoms with Gasteiger partial charge in [-0.3, -0.25) is 14.9 Å². The normalized spacial score (nSPS) is 11.5. The highest BCUT2D eigenvalue weighted by Gasteiger charge is 2.32. The Morgan fingerprint density at radius 3 is 1.83 bits per heavy atom. The monoisotopic (exact) mass is 423 g/mol. The summed E-state index contributed by atoms with van der Waals surface area (Å²) in [5.41, 5.74) is -1.51. The first kappa shape index (κ1) is 24.9. The highest BCUT2D eigenvalue weighted by atomic mass is 16.6. The van der Waals surface area contributed by atoms with Gasteiger partial charge in [0, 0.05) is 37.4 Å². The Morgan fingerprint density at radius 1 is 1.00 bits per heavy atom. The van der Waals surface area contributed by atoms with E-state index in [4.69, 9.17) is 9.47 Å². The van der Waals surface area contributed by atoms with E-state index in [1.54, 1.807) is 41.5 Å². The largest absolute Gasteiger partial charge is 0.443 e. The van der Waals surface area contributed by atoms with Crippen LogP contribution in [0.2, 0.25) is 0 Å². The number of nitro benzene ring substituents is 1. The molecular formula is C20H29N3O7. The Bertz CT molecular complexity index is 810. The van der Waals surface area contributed by atoms with Gasteiger partial charge in [-0.25, -0.2) is 14.5 Å². The minimum absolute atomic E-state index is 0.207. The number of nitro groups is 1. The smallest absolute Gasteiger partial charge is 0.420 e. The number of anilines is 1. The second kappa shape index (κ2) is 9.10. The van der Waals surface area contributed by atoms with Crippen molar-refractivity contribution in [3.8, 4) is 0 Å². The molecule has 0 aliphatic heterocycles. The van der Waals surface area contributed by atoms with Crippen LogP contribution in [0.3, 0.4) is 0 Å². The van der Waals surface area contributed by atoms with Gasteiger partial charge in [-0.1, -0.05) is 0 Å². The van der Waals surface area contributed by atoms with Gasteiger partial charge in [-0.05, 0) is 47.6 Å². The van der Waals surface area contributed by atoms with Gasteiger partial charge in [0.15, 0.2) is 0 Å². The number of hydrogen-bond donors (Lipinski definition) is 0. The number of imide groups is 1. The van der Waals surface area contributed by atoms with E-state index in [0.717, 1.165) is 0 Å². The molecule has 10 nitrogen and oxygen atoms in total. The van der Waals surface area contributed by atoms with E-state index in [-0.39, 0.29) is 17.2 Å². The molecule has 3 amide bonds. The molecule has 1 aromatic rings. The van der Waals surface area contributed by atoms with Crippen molar-refractivity contribution in [3.63, 3.8) is 0 Å². The third-order valence-electron chi connectivity index (χ3n) is 3.66. The van der Waals surface area contributed by atoms with Gasteiger partial charge in [0.2, 0.25) is 5.91 Å². The summed E-state index contributed by atoms with van der Waals surface area (Å²) >= 11 is 0. The quantitative estimate of drug-likeness (QED) is 0.524. The molecular weight excluding hydrogens is 394 g/mol. The minimum Gasteiger partial charge on any atom is -0.443 e. The lowest BCUT2D eigenvalue weighted by Crippen LogP contribution is -2.43. The van der Waals surface area contributed by atoms with Gasteiger partial charge in [0.25, 0.3) is 5.69 Å². The van der Waals surface area contributed by atoms with E-state index in [1.165, 1.54) is 37.1 Å². The summed E-state index contributed by atoms with van der Waals surface area (Å²) in [6.07, 6.45) is -1.95. The van der Waals surface area contributed by atoms with Crippen LogP contribution in [0.25, 0.3) is 0 Å². The summed E-state index contributed by atoms with van der Waals surface area (Å²) in [5.74, 6) is -0.328. The van der Waals surface area contributed by atoms with Crippen molar-refractivity contribution in [1.82, 2.24) is 4.90 Å². The van der Waals surface area contributed by atoms with Crippen LogP contribution in [-0.4, -0.2) is 46.2 Å². The number of amides is 3. The second-order valence-corrected chi connectivity index (χ2v) is 8.69. The maximum atomic E-state index is 12.7. The highest BCUT2D eigenvalue weighted by molar-refractivity contribution is 5.92. The van der Waals surface area contributed by atoms with Gasteiger partial charge >= 0.3 is 12.2 Å². The van der Waals surface area contributed by atoms with Crippen molar-refractivity contribution in [2.75, 3.05) is 11.9 Å². The van der Waals surface area contributed by atoms with Crippen LogP contribution in [0, 0.1) is 10.1 Å². The third kappa shape index (κ3) is 7.34. The highest BCUT2D eigenvalue weighted by Crippen LogP contribution is 2.28. The van der Waals surface area contributed by atoms with Gasteiger partial charge in [-0.2, -0.15) is 0 Å². The molecule has 0 unspecified atom stereocenters. The molecule has 0 N–H and O–H groups in total. The number of nitrogens with zero attached hydrogens (tertiary/aromatic N) is 3. The summed E-state index contributed by atoms with van der Waals surface area (Å²) in [6, 6.07) is 3.83. The summed E-state index contributed by atoms with van der Waals surface area (Å²) in [7, 11) is 1.48. The van der Waals surface area contributed by atoms with Crippen molar-refractivity contribution in [2.45, 2.75) is 66.2 Å². The van der Waals surface area contributed by atoms with Crippen LogP contribution in [-0.2, 0) is 20.8 Å². The maximum absolute atomic E-state index is 12.7. The lowest BCUT2D eigenvalue weighted by molar-refractivity contribution is -0.384. The molecule has 0 saturated heterocycles. The van der Waals surface area contributed by atoms with Crippen molar-refractivity contribution < 1.29 is 28.8 Å². The second-order valence-electron chi connectivity index (χ2n) is 8.69. The van der Waals surface area contributed by atoms with E-state index in [9.17, 15) is 24.5 Å². The Morgan fingerprint density at radius 2 is 1.47 bits per heavy atom. The summed E-state index contributed by atoms with van der Waals surface area (Å²) in [5, 5.41) is 11.2. The van der Waals surface area contributed by atoms with Crippen LogP contribution in [0.15, 0.2) is 18.2 Å². The van der Waals surface area contributed by atoms with Crippen LogP contribution in [0.1, 0.15) is 54.0 Å². The molecule has 0 saturated carbocycles. The third-order valence-corrected chi connectivity index (χ3v) is 3.66. The average molecular weight is 423 g/mol. The van der Waals surface area contributed by atoms with Gasteiger partial charge in [0.1, 0.15) is 11.2 Å². The molecule has 10 heteroatoms. The molecule has 30 heavy (non-hydrogen) atoms. The Balaban J connectivity index is 3.46. The molecule has 0 aliphatic carbocycles. The lowest BCUT2D eigenvalue weighted by Gasteiger charge is -2.29. The SMILES string of the molecule is CC(=O)N(C)c1ccc([N+](=O)[O-])cc1CN(C(=O)OC(C)(C)C)C(=O)OC(C)(C)C. The van der Waals surface area contributed by atoms with Crippen molar-refractivity contribution in [2.24, 2.45) is 0 Å². The Hall–Kier alpha value is -3.17.